The fraction of sp³-hybridized carbons (Fsp3) is 0.625. The largest absolute Gasteiger partial charge is 0.491 e. The molecule has 1 aromatic carbocycles. The molecule has 3 rings (SSSR count). The molecule has 1 aromatic rings. The lowest BCUT2D eigenvalue weighted by atomic mass is 9.82. The van der Waals surface area contributed by atoms with Crippen molar-refractivity contribution in [3.05, 3.63) is 23.8 Å². The van der Waals surface area contributed by atoms with Gasteiger partial charge in [-0.1, -0.05) is 0 Å². The van der Waals surface area contributed by atoms with E-state index in [0.717, 1.165) is 43.0 Å². The SMILES string of the molecule is COCCOc1ccc2c(c1)C(O)CC1(CCNCC1)O2. The molecule has 21 heavy (non-hydrogen) atoms. The van der Waals surface area contributed by atoms with Crippen LogP contribution >= 0.6 is 0 Å². The summed E-state index contributed by atoms with van der Waals surface area (Å²) in [6.45, 7) is 2.94. The van der Waals surface area contributed by atoms with E-state index in [0.29, 0.717) is 19.6 Å². The fourth-order valence-corrected chi connectivity index (χ4v) is 3.14. The van der Waals surface area contributed by atoms with E-state index in [1.54, 1.807) is 7.11 Å². The second kappa shape index (κ2) is 6.22. The van der Waals surface area contributed by atoms with Gasteiger partial charge in [0.05, 0.1) is 12.7 Å². The maximum atomic E-state index is 10.5. The topological polar surface area (TPSA) is 60.0 Å². The number of methoxy groups -OCH3 is 1. The molecule has 1 unspecified atom stereocenters. The predicted octanol–water partition coefficient (Wildman–Crippen LogP) is 1.65. The number of nitrogens with one attached hydrogen (secondary N) is 1. The smallest absolute Gasteiger partial charge is 0.126 e. The molecular formula is C16H23NO4. The van der Waals surface area contributed by atoms with Gasteiger partial charge in [-0.2, -0.15) is 0 Å². The van der Waals surface area contributed by atoms with Crippen molar-refractivity contribution in [2.75, 3.05) is 33.4 Å². The zero-order chi connectivity index (χ0) is 14.7. The van der Waals surface area contributed by atoms with E-state index in [9.17, 15) is 5.11 Å². The number of piperidine rings is 1. The molecule has 0 bridgehead atoms. The molecule has 2 N–H and O–H groups in total. The number of ether oxygens (including phenoxy) is 3. The summed E-state index contributed by atoms with van der Waals surface area (Å²) >= 11 is 0. The van der Waals surface area contributed by atoms with Crippen molar-refractivity contribution in [2.45, 2.75) is 31.0 Å². The van der Waals surface area contributed by atoms with E-state index in [2.05, 4.69) is 5.32 Å². The van der Waals surface area contributed by atoms with Crippen LogP contribution in [0.3, 0.4) is 0 Å². The summed E-state index contributed by atoms with van der Waals surface area (Å²) < 4.78 is 16.8. The number of benzene rings is 1. The highest BCUT2D eigenvalue weighted by molar-refractivity contribution is 5.43. The first-order chi connectivity index (χ1) is 10.2. The van der Waals surface area contributed by atoms with Gasteiger partial charge in [0.1, 0.15) is 23.7 Å². The minimum Gasteiger partial charge on any atom is -0.491 e. The Morgan fingerprint density at radius 2 is 2.14 bits per heavy atom. The summed E-state index contributed by atoms with van der Waals surface area (Å²) in [7, 11) is 1.65. The third kappa shape index (κ3) is 3.15. The van der Waals surface area contributed by atoms with E-state index in [4.69, 9.17) is 14.2 Å². The van der Waals surface area contributed by atoms with Crippen LogP contribution in [0.4, 0.5) is 0 Å². The Balaban J connectivity index is 1.76. The van der Waals surface area contributed by atoms with Gasteiger partial charge in [-0.15, -0.1) is 0 Å². The number of aliphatic hydroxyl groups excluding tert-OH is 1. The van der Waals surface area contributed by atoms with E-state index in [1.165, 1.54) is 0 Å². The molecule has 116 valence electrons. The lowest BCUT2D eigenvalue weighted by Gasteiger charge is -2.43. The first kappa shape index (κ1) is 14.6. The Kier molecular flexibility index (Phi) is 4.33. The Hall–Kier alpha value is -1.30. The van der Waals surface area contributed by atoms with Crippen LogP contribution in [0.25, 0.3) is 0 Å². The molecule has 1 atom stereocenters. The molecule has 2 aliphatic rings. The molecule has 0 radical (unpaired) electrons. The molecule has 1 spiro atoms. The Morgan fingerprint density at radius 3 is 2.90 bits per heavy atom. The molecule has 1 fully saturated rings. The van der Waals surface area contributed by atoms with Crippen molar-refractivity contribution in [1.82, 2.24) is 5.32 Å². The van der Waals surface area contributed by atoms with Gasteiger partial charge < -0.3 is 24.6 Å². The number of rotatable bonds is 4. The Labute approximate surface area is 125 Å². The van der Waals surface area contributed by atoms with Gasteiger partial charge in [0.2, 0.25) is 0 Å². The van der Waals surface area contributed by atoms with Crippen molar-refractivity contribution in [2.24, 2.45) is 0 Å². The standard InChI is InChI=1S/C16H23NO4/c1-19-8-9-20-12-2-3-15-13(10-12)14(18)11-16(21-15)4-6-17-7-5-16/h2-3,10,14,17-18H,4-9,11H2,1H3. The average molecular weight is 293 g/mol. The molecule has 0 saturated carbocycles. The van der Waals surface area contributed by atoms with E-state index in [1.807, 2.05) is 18.2 Å². The highest BCUT2D eigenvalue weighted by atomic mass is 16.5. The van der Waals surface area contributed by atoms with Crippen molar-refractivity contribution >= 4 is 0 Å². The molecule has 0 aromatic heterocycles. The summed E-state index contributed by atoms with van der Waals surface area (Å²) in [6, 6.07) is 5.68. The lowest BCUT2D eigenvalue weighted by Crippen LogP contribution is -2.49. The highest BCUT2D eigenvalue weighted by Crippen LogP contribution is 2.44. The summed E-state index contributed by atoms with van der Waals surface area (Å²) in [5.41, 5.74) is 0.616. The number of aliphatic hydroxyl groups is 1. The molecular weight excluding hydrogens is 270 g/mol. The molecule has 2 aliphatic heterocycles. The van der Waals surface area contributed by atoms with Gasteiger partial charge in [0.15, 0.2) is 0 Å². The highest BCUT2D eigenvalue weighted by Gasteiger charge is 2.41. The summed E-state index contributed by atoms with van der Waals surface area (Å²) in [4.78, 5) is 0. The van der Waals surface area contributed by atoms with Crippen molar-refractivity contribution < 1.29 is 19.3 Å². The van der Waals surface area contributed by atoms with Crippen LogP contribution in [0.2, 0.25) is 0 Å². The molecule has 5 heteroatoms. The predicted molar refractivity (Wildman–Crippen MR) is 78.9 cm³/mol. The quantitative estimate of drug-likeness (QED) is 0.827. The average Bonchev–Trinajstić information content (AvgIpc) is 2.49. The molecule has 5 nitrogen and oxygen atoms in total. The number of fused-ring (bicyclic) bond motifs is 1. The Bertz CT molecular complexity index is 485. The maximum absolute atomic E-state index is 10.5. The van der Waals surface area contributed by atoms with E-state index in [-0.39, 0.29) is 5.60 Å². The second-order valence-electron chi connectivity index (χ2n) is 5.80. The first-order valence-corrected chi connectivity index (χ1v) is 7.56. The van der Waals surface area contributed by atoms with Crippen LogP contribution in [0.15, 0.2) is 18.2 Å². The van der Waals surface area contributed by atoms with Gasteiger partial charge in [-0.3, -0.25) is 0 Å². The molecule has 0 amide bonds. The van der Waals surface area contributed by atoms with Gasteiger partial charge in [-0.05, 0) is 44.1 Å². The first-order valence-electron chi connectivity index (χ1n) is 7.56. The second-order valence-corrected chi connectivity index (χ2v) is 5.80. The third-order valence-corrected chi connectivity index (χ3v) is 4.30. The van der Waals surface area contributed by atoms with Gasteiger partial charge >= 0.3 is 0 Å². The molecule has 1 saturated heterocycles. The fourth-order valence-electron chi connectivity index (χ4n) is 3.14. The van der Waals surface area contributed by atoms with Crippen LogP contribution in [-0.4, -0.2) is 44.1 Å². The zero-order valence-electron chi connectivity index (χ0n) is 12.4. The van der Waals surface area contributed by atoms with Gasteiger partial charge in [-0.25, -0.2) is 0 Å². The van der Waals surface area contributed by atoms with E-state index >= 15 is 0 Å². The maximum Gasteiger partial charge on any atom is 0.126 e. The van der Waals surface area contributed by atoms with Crippen molar-refractivity contribution in [3.8, 4) is 11.5 Å². The normalized spacial score (nSPS) is 23.4. The minimum absolute atomic E-state index is 0.212. The van der Waals surface area contributed by atoms with Crippen LogP contribution < -0.4 is 14.8 Å². The molecule has 2 heterocycles. The summed E-state index contributed by atoms with van der Waals surface area (Å²) in [5.74, 6) is 1.53. The number of hydrogen-bond acceptors (Lipinski definition) is 5. The third-order valence-electron chi connectivity index (χ3n) is 4.30. The van der Waals surface area contributed by atoms with Gasteiger partial charge in [0.25, 0.3) is 0 Å². The van der Waals surface area contributed by atoms with E-state index < -0.39 is 6.10 Å². The monoisotopic (exact) mass is 293 g/mol. The van der Waals surface area contributed by atoms with Crippen LogP contribution in [0, 0.1) is 0 Å². The summed E-state index contributed by atoms with van der Waals surface area (Å²) in [6.07, 6.45) is 2.05. The van der Waals surface area contributed by atoms with Crippen molar-refractivity contribution in [1.29, 1.82) is 0 Å². The van der Waals surface area contributed by atoms with Crippen LogP contribution in [-0.2, 0) is 4.74 Å². The Morgan fingerprint density at radius 1 is 1.33 bits per heavy atom. The zero-order valence-corrected chi connectivity index (χ0v) is 12.4. The molecule has 0 aliphatic carbocycles. The minimum atomic E-state index is -0.488. The van der Waals surface area contributed by atoms with Crippen LogP contribution in [0.1, 0.15) is 30.9 Å². The number of hydrogen-bond donors (Lipinski definition) is 2. The van der Waals surface area contributed by atoms with Crippen LogP contribution in [0.5, 0.6) is 11.5 Å². The van der Waals surface area contributed by atoms with Crippen molar-refractivity contribution in [3.63, 3.8) is 0 Å². The summed E-state index contributed by atoms with van der Waals surface area (Å²) in [5, 5.41) is 13.8. The lowest BCUT2D eigenvalue weighted by molar-refractivity contribution is -0.0338. The van der Waals surface area contributed by atoms with Gasteiger partial charge in [0, 0.05) is 19.1 Å².